The number of alkyl halides is 3. The van der Waals surface area contributed by atoms with Gasteiger partial charge < -0.3 is 9.84 Å². The fourth-order valence-electron chi connectivity index (χ4n) is 2.04. The zero-order chi connectivity index (χ0) is 16.5. The predicted molar refractivity (Wildman–Crippen MR) is 70.8 cm³/mol. The third kappa shape index (κ3) is 2.90. The van der Waals surface area contributed by atoms with Crippen molar-refractivity contribution in [3.63, 3.8) is 0 Å². The third-order valence-corrected chi connectivity index (χ3v) is 3.11. The maximum Gasteiger partial charge on any atom is 0.416 e. The van der Waals surface area contributed by atoms with E-state index in [1.165, 1.54) is 13.1 Å². The number of anilines is 1. The molecule has 0 aliphatic carbocycles. The third-order valence-electron chi connectivity index (χ3n) is 3.11. The highest BCUT2D eigenvalue weighted by atomic mass is 19.4. The molecule has 0 bridgehead atoms. The van der Waals surface area contributed by atoms with Gasteiger partial charge in [-0.3, -0.25) is 4.90 Å². The van der Waals surface area contributed by atoms with Crippen LogP contribution in [-0.4, -0.2) is 47.1 Å². The van der Waals surface area contributed by atoms with Crippen molar-refractivity contribution >= 4 is 11.8 Å². The van der Waals surface area contributed by atoms with Crippen molar-refractivity contribution in [1.82, 2.24) is 9.88 Å². The van der Waals surface area contributed by atoms with Gasteiger partial charge in [-0.15, -0.1) is 6.58 Å². The zero-order valence-electron chi connectivity index (χ0n) is 11.6. The number of aliphatic hydroxyl groups excluding tert-OH is 1. The minimum atomic E-state index is -4.57. The van der Waals surface area contributed by atoms with Crippen LogP contribution in [0.4, 0.5) is 23.8 Å². The van der Waals surface area contributed by atoms with Gasteiger partial charge in [-0.1, -0.05) is 6.08 Å². The average Bonchev–Trinajstić information content (AvgIpc) is 2.67. The first-order valence-corrected chi connectivity index (χ1v) is 6.27. The number of amides is 2. The molecule has 1 aliphatic rings. The molecule has 2 atom stereocenters. The molecule has 0 saturated carbocycles. The van der Waals surface area contributed by atoms with E-state index in [9.17, 15) is 23.1 Å². The highest BCUT2D eigenvalue weighted by Crippen LogP contribution is 2.33. The van der Waals surface area contributed by atoms with Gasteiger partial charge in [0.25, 0.3) is 0 Å². The van der Waals surface area contributed by atoms with Crippen molar-refractivity contribution in [1.29, 1.82) is 0 Å². The lowest BCUT2D eigenvalue weighted by Crippen LogP contribution is -2.38. The number of ether oxygens (including phenoxy) is 1. The Kier molecular flexibility index (Phi) is 4.38. The molecule has 1 N–H and O–H groups in total. The quantitative estimate of drug-likeness (QED) is 0.860. The molecule has 120 valence electrons. The Morgan fingerprint density at radius 3 is 2.82 bits per heavy atom. The van der Waals surface area contributed by atoms with Crippen molar-refractivity contribution in [2.75, 3.05) is 18.6 Å². The van der Waals surface area contributed by atoms with Crippen LogP contribution in [0, 0.1) is 0 Å². The summed E-state index contributed by atoms with van der Waals surface area (Å²) in [5.41, 5.74) is -0.962. The van der Waals surface area contributed by atoms with E-state index in [1.807, 2.05) is 0 Å². The lowest BCUT2D eigenvalue weighted by atomic mass is 10.2. The maximum absolute atomic E-state index is 12.7. The van der Waals surface area contributed by atoms with Gasteiger partial charge in [-0.05, 0) is 12.1 Å². The smallest absolute Gasteiger partial charge is 0.369 e. The fraction of sp³-hybridized carbons (Fsp3) is 0.385. The lowest BCUT2D eigenvalue weighted by Gasteiger charge is -2.21. The molecule has 0 aromatic carbocycles. The summed E-state index contributed by atoms with van der Waals surface area (Å²) in [6, 6.07) is 0.768. The summed E-state index contributed by atoms with van der Waals surface area (Å²) in [6.07, 6.45) is -4.72. The minimum Gasteiger partial charge on any atom is -0.369 e. The molecule has 2 amide bonds. The molecule has 1 aliphatic heterocycles. The van der Waals surface area contributed by atoms with Crippen LogP contribution < -0.4 is 4.90 Å². The highest BCUT2D eigenvalue weighted by Gasteiger charge is 2.45. The van der Waals surface area contributed by atoms with Gasteiger partial charge in [-0.25, -0.2) is 14.7 Å². The summed E-state index contributed by atoms with van der Waals surface area (Å²) in [5.74, 6) is -0.302. The molecule has 6 nitrogen and oxygen atoms in total. The van der Waals surface area contributed by atoms with E-state index in [1.54, 1.807) is 0 Å². The Bertz CT molecular complexity index is 579. The van der Waals surface area contributed by atoms with Crippen LogP contribution in [0.5, 0.6) is 0 Å². The zero-order valence-corrected chi connectivity index (χ0v) is 11.6. The van der Waals surface area contributed by atoms with E-state index < -0.39 is 30.2 Å². The van der Waals surface area contributed by atoms with Gasteiger partial charge in [0, 0.05) is 13.2 Å². The molecule has 9 heteroatoms. The first kappa shape index (κ1) is 16.2. The fourth-order valence-corrected chi connectivity index (χ4v) is 2.04. The molecule has 2 rings (SSSR count). The lowest BCUT2D eigenvalue weighted by molar-refractivity contribution is -0.137. The number of urea groups is 1. The molecular weight excluding hydrogens is 303 g/mol. The second-order valence-corrected chi connectivity index (χ2v) is 4.59. The number of hydrogen-bond acceptors (Lipinski definition) is 4. The molecule has 2 heterocycles. The standard InChI is InChI=1S/C13H14F3N3O3/c1-3-6-22-11-10(20)19(12(21)18(11)2)9-7-8(4-5-17-9)13(14,15)16/h3-5,7,10-11,20H,1,6H2,2H3. The van der Waals surface area contributed by atoms with Crippen molar-refractivity contribution in [3.8, 4) is 0 Å². The van der Waals surface area contributed by atoms with Crippen LogP contribution in [0.25, 0.3) is 0 Å². The molecular formula is C13H14F3N3O3. The van der Waals surface area contributed by atoms with Gasteiger partial charge in [0.15, 0.2) is 12.5 Å². The van der Waals surface area contributed by atoms with Crippen LogP contribution in [0.2, 0.25) is 0 Å². The van der Waals surface area contributed by atoms with Crippen LogP contribution in [0.3, 0.4) is 0 Å². The summed E-state index contributed by atoms with van der Waals surface area (Å²) < 4.78 is 43.4. The average molecular weight is 317 g/mol. The Balaban J connectivity index is 2.32. The summed E-state index contributed by atoms with van der Waals surface area (Å²) in [5, 5.41) is 10.1. The van der Waals surface area contributed by atoms with E-state index in [4.69, 9.17) is 4.74 Å². The summed E-state index contributed by atoms with van der Waals surface area (Å²) in [7, 11) is 1.37. The Morgan fingerprint density at radius 1 is 1.55 bits per heavy atom. The first-order chi connectivity index (χ1) is 10.3. The number of rotatable bonds is 4. The Hall–Kier alpha value is -2.13. The number of aliphatic hydroxyl groups is 1. The molecule has 0 spiro atoms. The summed E-state index contributed by atoms with van der Waals surface area (Å²) >= 11 is 0. The SMILES string of the molecule is C=CCOC1C(O)N(c2cc(C(F)(F)F)ccn2)C(=O)N1C. The number of hydrogen-bond donors (Lipinski definition) is 1. The van der Waals surface area contributed by atoms with Gasteiger partial charge in [-0.2, -0.15) is 13.2 Å². The monoisotopic (exact) mass is 317 g/mol. The molecule has 1 aromatic rings. The van der Waals surface area contributed by atoms with Crippen LogP contribution in [0.1, 0.15) is 5.56 Å². The van der Waals surface area contributed by atoms with Crippen LogP contribution in [0.15, 0.2) is 31.0 Å². The predicted octanol–water partition coefficient (Wildman–Crippen LogP) is 1.82. The largest absolute Gasteiger partial charge is 0.416 e. The summed E-state index contributed by atoms with van der Waals surface area (Å²) in [4.78, 5) is 17.7. The molecule has 2 unspecified atom stereocenters. The number of nitrogens with zero attached hydrogens (tertiary/aromatic N) is 3. The summed E-state index contributed by atoms with van der Waals surface area (Å²) in [6.45, 7) is 3.52. The second-order valence-electron chi connectivity index (χ2n) is 4.59. The molecule has 1 aromatic heterocycles. The van der Waals surface area contributed by atoms with Crippen molar-refractivity contribution < 1.29 is 27.8 Å². The topological polar surface area (TPSA) is 65.9 Å². The minimum absolute atomic E-state index is 0.0726. The normalized spacial score (nSPS) is 22.3. The van der Waals surface area contributed by atoms with Gasteiger partial charge in [0.05, 0.1) is 12.2 Å². The number of carbonyl (C=O) groups is 1. The van der Waals surface area contributed by atoms with Crippen molar-refractivity contribution in [2.24, 2.45) is 0 Å². The van der Waals surface area contributed by atoms with Crippen LogP contribution in [-0.2, 0) is 10.9 Å². The van der Waals surface area contributed by atoms with Crippen LogP contribution >= 0.6 is 0 Å². The maximum atomic E-state index is 12.7. The van der Waals surface area contributed by atoms with E-state index in [2.05, 4.69) is 11.6 Å². The Labute approximate surface area is 124 Å². The number of halogens is 3. The van der Waals surface area contributed by atoms with E-state index >= 15 is 0 Å². The number of aromatic nitrogens is 1. The second kappa shape index (κ2) is 5.93. The first-order valence-electron chi connectivity index (χ1n) is 6.27. The highest BCUT2D eigenvalue weighted by molar-refractivity contribution is 5.93. The van der Waals surface area contributed by atoms with Crippen molar-refractivity contribution in [2.45, 2.75) is 18.6 Å². The van der Waals surface area contributed by atoms with Crippen molar-refractivity contribution in [3.05, 3.63) is 36.5 Å². The van der Waals surface area contributed by atoms with E-state index in [0.717, 1.165) is 22.1 Å². The molecule has 0 radical (unpaired) electrons. The number of likely N-dealkylation sites (N-methyl/N-ethyl adjacent to an activating group) is 1. The van der Waals surface area contributed by atoms with Gasteiger partial charge in [0.2, 0.25) is 0 Å². The molecule has 22 heavy (non-hydrogen) atoms. The molecule has 1 saturated heterocycles. The number of pyridine rings is 1. The Morgan fingerprint density at radius 2 is 2.23 bits per heavy atom. The molecule has 1 fully saturated rings. The van der Waals surface area contributed by atoms with Gasteiger partial charge in [0.1, 0.15) is 5.82 Å². The van der Waals surface area contributed by atoms with Gasteiger partial charge >= 0.3 is 12.2 Å². The van der Waals surface area contributed by atoms with E-state index in [0.29, 0.717) is 6.07 Å². The van der Waals surface area contributed by atoms with E-state index in [-0.39, 0.29) is 12.4 Å². The number of carbonyl (C=O) groups excluding carboxylic acids is 1.